The Balaban J connectivity index is 1.53. The summed E-state index contributed by atoms with van der Waals surface area (Å²) in [5, 5.41) is 2.10. The van der Waals surface area contributed by atoms with Crippen molar-refractivity contribution in [2.24, 2.45) is 0 Å². The zero-order valence-corrected chi connectivity index (χ0v) is 20.6. The van der Waals surface area contributed by atoms with Crippen molar-refractivity contribution in [2.75, 3.05) is 18.6 Å². The van der Waals surface area contributed by atoms with Gasteiger partial charge in [0.25, 0.3) is 0 Å². The third-order valence-electron chi connectivity index (χ3n) is 6.04. The average Bonchev–Trinajstić information content (AvgIpc) is 3.18. The molecule has 3 aromatic rings. The molecule has 1 aromatic heterocycles. The minimum Gasteiger partial charge on any atom is -0.497 e. The highest BCUT2D eigenvalue weighted by Crippen LogP contribution is 2.33. The zero-order chi connectivity index (χ0) is 24.8. The summed E-state index contributed by atoms with van der Waals surface area (Å²) in [7, 11) is 1.64. The number of hydrogen-bond donors (Lipinski definition) is 0. The van der Waals surface area contributed by atoms with Gasteiger partial charge in [-0.3, -0.25) is 14.5 Å². The van der Waals surface area contributed by atoms with E-state index in [4.69, 9.17) is 4.74 Å². The second-order valence-electron chi connectivity index (χ2n) is 8.36. The van der Waals surface area contributed by atoms with E-state index in [9.17, 15) is 14.0 Å². The van der Waals surface area contributed by atoms with E-state index >= 15 is 0 Å². The first-order valence-corrected chi connectivity index (χ1v) is 12.5. The molecular formula is C27H28FN3O3S. The second kappa shape index (κ2) is 11.3. The summed E-state index contributed by atoms with van der Waals surface area (Å²) >= 11 is 1.22. The first-order chi connectivity index (χ1) is 17.0. The van der Waals surface area contributed by atoms with E-state index in [1.807, 2.05) is 29.2 Å². The van der Waals surface area contributed by atoms with Gasteiger partial charge in [0, 0.05) is 24.9 Å². The Morgan fingerprint density at radius 2 is 1.91 bits per heavy atom. The molecule has 6 nitrogen and oxygen atoms in total. The van der Waals surface area contributed by atoms with Crippen LogP contribution in [0.4, 0.5) is 15.2 Å². The van der Waals surface area contributed by atoms with Crippen molar-refractivity contribution in [2.45, 2.75) is 38.6 Å². The number of likely N-dealkylation sites (tertiary alicyclic amines) is 1. The molecule has 1 aliphatic heterocycles. The van der Waals surface area contributed by atoms with Crippen molar-refractivity contribution >= 4 is 40.0 Å². The highest BCUT2D eigenvalue weighted by Gasteiger charge is 2.26. The molecule has 0 radical (unpaired) electrons. The number of aromatic nitrogens is 1. The largest absolute Gasteiger partial charge is 0.497 e. The minimum absolute atomic E-state index is 0.000751. The molecule has 0 bridgehead atoms. The van der Waals surface area contributed by atoms with E-state index in [1.165, 1.54) is 41.4 Å². The van der Waals surface area contributed by atoms with E-state index in [0.29, 0.717) is 17.4 Å². The van der Waals surface area contributed by atoms with E-state index in [2.05, 4.69) is 4.98 Å². The molecule has 0 saturated carbocycles. The summed E-state index contributed by atoms with van der Waals surface area (Å²) in [6.07, 6.45) is 7.20. The number of nitrogens with zero attached hydrogens (tertiary/aromatic N) is 3. The number of thiazole rings is 1. The Hall–Kier alpha value is -3.52. The maximum Gasteiger partial charge on any atom is 0.247 e. The summed E-state index contributed by atoms with van der Waals surface area (Å²) < 4.78 is 19.6. The van der Waals surface area contributed by atoms with Crippen LogP contribution in [0.25, 0.3) is 6.08 Å². The first-order valence-electron chi connectivity index (χ1n) is 11.6. The van der Waals surface area contributed by atoms with Crippen LogP contribution in [0.15, 0.2) is 60.0 Å². The number of para-hydroxylation sites is 1. The number of halogens is 1. The Kier molecular flexibility index (Phi) is 7.92. The van der Waals surface area contributed by atoms with Gasteiger partial charge in [0.2, 0.25) is 11.8 Å². The van der Waals surface area contributed by atoms with Gasteiger partial charge in [0.05, 0.1) is 24.5 Å². The standard InChI is InChI=1S/C27H28FN3O3S/c1-19(32)31(25-10-6-5-8-23(25)28)27-29-21(18-35-27)13-16-26(33)30-17-7-3-4-9-24(30)20-11-14-22(34-2)15-12-20/h5-6,8,10-16,18,24H,3-4,7,9,17H2,1-2H3/b16-13+/t24-/m0/s1. The highest BCUT2D eigenvalue weighted by molar-refractivity contribution is 7.14. The SMILES string of the molecule is COc1ccc([C@@H]2CCCCCN2C(=O)/C=C/c2csc(N(C(C)=O)c3ccccc3F)n2)cc1. The van der Waals surface area contributed by atoms with E-state index in [-0.39, 0.29) is 23.5 Å². The van der Waals surface area contributed by atoms with Gasteiger partial charge >= 0.3 is 0 Å². The van der Waals surface area contributed by atoms with Crippen LogP contribution < -0.4 is 9.64 Å². The molecule has 8 heteroatoms. The third-order valence-corrected chi connectivity index (χ3v) is 6.89. The van der Waals surface area contributed by atoms with Gasteiger partial charge < -0.3 is 9.64 Å². The number of anilines is 2. The topological polar surface area (TPSA) is 62.7 Å². The monoisotopic (exact) mass is 493 g/mol. The number of carbonyl (C=O) groups is 2. The quantitative estimate of drug-likeness (QED) is 0.388. The number of hydrogen-bond acceptors (Lipinski definition) is 5. The molecular weight excluding hydrogens is 465 g/mol. The van der Waals surface area contributed by atoms with Gasteiger partial charge in [-0.15, -0.1) is 11.3 Å². The zero-order valence-electron chi connectivity index (χ0n) is 19.8. The molecule has 0 unspecified atom stereocenters. The van der Waals surface area contributed by atoms with Crippen LogP contribution in [0.1, 0.15) is 49.9 Å². The van der Waals surface area contributed by atoms with Crippen molar-refractivity contribution in [1.82, 2.24) is 9.88 Å². The van der Waals surface area contributed by atoms with E-state index in [1.54, 1.807) is 30.7 Å². The lowest BCUT2D eigenvalue weighted by Crippen LogP contribution is -2.33. The van der Waals surface area contributed by atoms with Gasteiger partial charge in [0.1, 0.15) is 11.6 Å². The van der Waals surface area contributed by atoms with E-state index < -0.39 is 5.82 Å². The van der Waals surface area contributed by atoms with Crippen LogP contribution in [-0.4, -0.2) is 35.4 Å². The molecule has 1 saturated heterocycles. The maximum absolute atomic E-state index is 14.3. The van der Waals surface area contributed by atoms with Gasteiger partial charge in [-0.1, -0.05) is 37.1 Å². The van der Waals surface area contributed by atoms with Crippen LogP contribution in [0, 0.1) is 5.82 Å². The van der Waals surface area contributed by atoms with Crippen molar-refractivity contribution in [3.63, 3.8) is 0 Å². The van der Waals surface area contributed by atoms with Crippen molar-refractivity contribution < 1.29 is 18.7 Å². The van der Waals surface area contributed by atoms with E-state index in [0.717, 1.165) is 37.0 Å². The molecule has 2 amide bonds. The molecule has 182 valence electrons. The minimum atomic E-state index is -0.504. The smallest absolute Gasteiger partial charge is 0.247 e. The fourth-order valence-electron chi connectivity index (χ4n) is 4.29. The normalized spacial score (nSPS) is 16.2. The molecule has 0 spiro atoms. The van der Waals surface area contributed by atoms with Gasteiger partial charge in [-0.25, -0.2) is 9.37 Å². The van der Waals surface area contributed by atoms with Gasteiger partial charge in [0.15, 0.2) is 5.13 Å². The van der Waals surface area contributed by atoms with Gasteiger partial charge in [-0.05, 0) is 48.7 Å². The predicted octanol–water partition coefficient (Wildman–Crippen LogP) is 6.13. The molecule has 2 heterocycles. The third kappa shape index (κ3) is 5.77. The molecule has 4 rings (SSSR count). The van der Waals surface area contributed by atoms with Crippen molar-refractivity contribution in [1.29, 1.82) is 0 Å². The molecule has 2 aromatic carbocycles. The molecule has 1 fully saturated rings. The predicted molar refractivity (Wildman–Crippen MR) is 136 cm³/mol. The van der Waals surface area contributed by atoms with Crippen molar-refractivity contribution in [3.8, 4) is 5.75 Å². The Morgan fingerprint density at radius 1 is 1.14 bits per heavy atom. The molecule has 0 N–H and O–H groups in total. The number of rotatable bonds is 6. The van der Waals surface area contributed by atoms with Crippen LogP contribution in [0.5, 0.6) is 5.75 Å². The molecule has 1 aliphatic rings. The Morgan fingerprint density at radius 3 is 2.63 bits per heavy atom. The number of methoxy groups -OCH3 is 1. The van der Waals surface area contributed by atoms with Crippen molar-refractivity contribution in [3.05, 3.63) is 77.1 Å². The number of ether oxygens (including phenoxy) is 1. The summed E-state index contributed by atoms with van der Waals surface area (Å²) in [5.74, 6) is -0.145. The fraction of sp³-hybridized carbons (Fsp3) is 0.296. The average molecular weight is 494 g/mol. The van der Waals surface area contributed by atoms with Gasteiger partial charge in [-0.2, -0.15) is 0 Å². The fourth-order valence-corrected chi connectivity index (χ4v) is 5.14. The highest BCUT2D eigenvalue weighted by atomic mass is 32.1. The lowest BCUT2D eigenvalue weighted by atomic mass is 10.0. The summed E-state index contributed by atoms with van der Waals surface area (Å²) in [6, 6.07) is 14.0. The number of carbonyl (C=O) groups excluding carboxylic acids is 2. The van der Waals surface area contributed by atoms with Crippen LogP contribution in [0.2, 0.25) is 0 Å². The number of benzene rings is 2. The molecule has 0 aliphatic carbocycles. The second-order valence-corrected chi connectivity index (χ2v) is 9.20. The lowest BCUT2D eigenvalue weighted by molar-refractivity contribution is -0.128. The first kappa shape index (κ1) is 24.6. The van der Waals surface area contributed by atoms with Crippen LogP contribution in [0.3, 0.4) is 0 Å². The summed E-state index contributed by atoms with van der Waals surface area (Å²) in [6.45, 7) is 2.05. The van der Waals surface area contributed by atoms with Crippen LogP contribution in [-0.2, 0) is 9.59 Å². The molecule has 1 atom stereocenters. The Labute approximate surface area is 208 Å². The summed E-state index contributed by atoms with van der Waals surface area (Å²) in [5.41, 5.74) is 1.77. The molecule has 35 heavy (non-hydrogen) atoms. The number of amides is 2. The summed E-state index contributed by atoms with van der Waals surface area (Å²) in [4.78, 5) is 33.1. The Bertz CT molecular complexity index is 1210. The maximum atomic E-state index is 14.3. The lowest BCUT2D eigenvalue weighted by Gasteiger charge is -2.29. The van der Waals surface area contributed by atoms with Crippen LogP contribution >= 0.6 is 11.3 Å².